The minimum Gasteiger partial charge on any atom is -0.283 e. The van der Waals surface area contributed by atoms with Crippen LogP contribution in [0.5, 0.6) is 0 Å². The van der Waals surface area contributed by atoms with E-state index in [1.165, 1.54) is 6.26 Å². The average Bonchev–Trinajstić information content (AvgIpc) is 2.58. The van der Waals surface area contributed by atoms with Crippen LogP contribution in [0.4, 0.5) is 0 Å². The van der Waals surface area contributed by atoms with Gasteiger partial charge in [0, 0.05) is 17.5 Å². The summed E-state index contributed by atoms with van der Waals surface area (Å²) in [6.45, 7) is 8.22. The molecule has 0 aromatic carbocycles. The summed E-state index contributed by atoms with van der Waals surface area (Å²) in [4.78, 5) is 0. The van der Waals surface area contributed by atoms with Gasteiger partial charge in [0.15, 0.2) is 21.3 Å². The smallest absolute Gasteiger partial charge is 0.164 e. The van der Waals surface area contributed by atoms with Crippen molar-refractivity contribution < 1.29 is 8.42 Å². The van der Waals surface area contributed by atoms with Gasteiger partial charge in [-0.15, -0.1) is 10.2 Å². The molecule has 2 aromatic rings. The van der Waals surface area contributed by atoms with Crippen molar-refractivity contribution in [3.8, 4) is 0 Å². The topological polar surface area (TPSA) is 64.3 Å². The van der Waals surface area contributed by atoms with Gasteiger partial charge in [0.1, 0.15) is 5.75 Å². The Morgan fingerprint density at radius 3 is 2.37 bits per heavy atom. The third-order valence-electron chi connectivity index (χ3n) is 3.01. The molecule has 0 spiro atoms. The molecule has 0 bridgehead atoms. The molecule has 0 N–H and O–H groups in total. The van der Waals surface area contributed by atoms with E-state index in [1.807, 2.05) is 23.5 Å². The van der Waals surface area contributed by atoms with E-state index in [2.05, 4.69) is 31.0 Å². The zero-order valence-corrected chi connectivity index (χ0v) is 12.7. The molecule has 2 aromatic heterocycles. The van der Waals surface area contributed by atoms with Crippen LogP contribution in [0.2, 0.25) is 0 Å². The van der Waals surface area contributed by atoms with E-state index < -0.39 is 9.84 Å². The van der Waals surface area contributed by atoms with Crippen molar-refractivity contribution in [2.24, 2.45) is 0 Å². The quantitative estimate of drug-likeness (QED) is 0.843. The SMILES string of the molecule is Cc1ccc(C(C)(C)C)c2nnc(CS(C)(=O)=O)n12. The summed E-state index contributed by atoms with van der Waals surface area (Å²) in [5, 5.41) is 8.23. The molecule has 0 unspecified atom stereocenters. The molecule has 5 nitrogen and oxygen atoms in total. The Balaban J connectivity index is 2.73. The third-order valence-corrected chi connectivity index (χ3v) is 3.80. The third kappa shape index (κ3) is 2.78. The zero-order valence-electron chi connectivity index (χ0n) is 11.9. The van der Waals surface area contributed by atoms with Crippen molar-refractivity contribution in [3.05, 3.63) is 29.2 Å². The highest BCUT2D eigenvalue weighted by molar-refractivity contribution is 7.89. The van der Waals surface area contributed by atoms with Crippen LogP contribution in [0.1, 0.15) is 37.9 Å². The van der Waals surface area contributed by atoms with E-state index in [1.54, 1.807) is 0 Å². The Hall–Kier alpha value is -1.43. The van der Waals surface area contributed by atoms with Gasteiger partial charge in [0.05, 0.1) is 0 Å². The van der Waals surface area contributed by atoms with Crippen LogP contribution in [0.15, 0.2) is 12.1 Å². The number of aromatic nitrogens is 3. The maximum Gasteiger partial charge on any atom is 0.164 e. The number of pyridine rings is 1. The molecule has 2 heterocycles. The fraction of sp³-hybridized carbons (Fsp3) is 0.538. The largest absolute Gasteiger partial charge is 0.283 e. The lowest BCUT2D eigenvalue weighted by Gasteiger charge is -2.20. The molecular weight excluding hydrogens is 262 g/mol. The summed E-state index contributed by atoms with van der Waals surface area (Å²) >= 11 is 0. The lowest BCUT2D eigenvalue weighted by Crippen LogP contribution is -2.14. The summed E-state index contributed by atoms with van der Waals surface area (Å²) in [7, 11) is -3.13. The van der Waals surface area contributed by atoms with Gasteiger partial charge in [-0.1, -0.05) is 26.8 Å². The average molecular weight is 281 g/mol. The minimum absolute atomic E-state index is 0.0651. The molecule has 0 saturated carbocycles. The molecule has 0 atom stereocenters. The summed E-state index contributed by atoms with van der Waals surface area (Å²) in [5.74, 6) is 0.379. The highest BCUT2D eigenvalue weighted by Gasteiger charge is 2.22. The molecule has 2 rings (SSSR count). The van der Waals surface area contributed by atoms with Crippen LogP contribution >= 0.6 is 0 Å². The van der Waals surface area contributed by atoms with E-state index in [0.717, 1.165) is 16.9 Å². The summed E-state index contributed by atoms with van der Waals surface area (Å²) in [6.07, 6.45) is 1.21. The van der Waals surface area contributed by atoms with Gasteiger partial charge < -0.3 is 0 Å². The lowest BCUT2D eigenvalue weighted by molar-refractivity contribution is 0.591. The molecule has 19 heavy (non-hydrogen) atoms. The van der Waals surface area contributed by atoms with Crippen LogP contribution in [-0.4, -0.2) is 29.3 Å². The first kappa shape index (κ1) is 14.0. The van der Waals surface area contributed by atoms with Crippen molar-refractivity contribution in [2.75, 3.05) is 6.26 Å². The highest BCUT2D eigenvalue weighted by atomic mass is 32.2. The Morgan fingerprint density at radius 2 is 1.84 bits per heavy atom. The van der Waals surface area contributed by atoms with E-state index in [9.17, 15) is 8.42 Å². The van der Waals surface area contributed by atoms with Crippen molar-refractivity contribution >= 4 is 15.5 Å². The molecule has 0 aliphatic carbocycles. The Labute approximate surface area is 113 Å². The molecule has 0 aliphatic heterocycles. The molecule has 0 amide bonds. The number of nitrogens with zero attached hydrogens (tertiary/aromatic N) is 3. The fourth-order valence-corrected chi connectivity index (χ4v) is 2.78. The summed E-state index contributed by atoms with van der Waals surface area (Å²) in [6, 6.07) is 4.01. The summed E-state index contributed by atoms with van der Waals surface area (Å²) < 4.78 is 24.7. The zero-order chi connectivity index (χ0) is 14.4. The maximum absolute atomic E-state index is 11.5. The second-order valence-corrected chi connectivity index (χ2v) is 8.12. The monoisotopic (exact) mass is 281 g/mol. The molecule has 0 fully saturated rings. The van der Waals surface area contributed by atoms with Gasteiger partial charge in [-0.2, -0.15) is 0 Å². The van der Waals surface area contributed by atoms with E-state index >= 15 is 0 Å². The Morgan fingerprint density at radius 1 is 1.21 bits per heavy atom. The number of hydrogen-bond donors (Lipinski definition) is 0. The van der Waals surface area contributed by atoms with Crippen LogP contribution in [0.3, 0.4) is 0 Å². The number of aryl methyl sites for hydroxylation is 1. The fourth-order valence-electron chi connectivity index (χ4n) is 2.13. The maximum atomic E-state index is 11.5. The van der Waals surface area contributed by atoms with E-state index in [-0.39, 0.29) is 11.2 Å². The first-order valence-electron chi connectivity index (χ1n) is 6.11. The van der Waals surface area contributed by atoms with Gasteiger partial charge in [-0.25, -0.2) is 8.42 Å². The normalized spacial score (nSPS) is 13.1. The van der Waals surface area contributed by atoms with Crippen molar-refractivity contribution in [2.45, 2.75) is 38.9 Å². The van der Waals surface area contributed by atoms with Crippen molar-refractivity contribution in [1.29, 1.82) is 0 Å². The van der Waals surface area contributed by atoms with Crippen LogP contribution < -0.4 is 0 Å². The summed E-state index contributed by atoms with van der Waals surface area (Å²) in [5.41, 5.74) is 2.67. The highest BCUT2D eigenvalue weighted by Crippen LogP contribution is 2.27. The first-order chi connectivity index (χ1) is 8.59. The predicted molar refractivity (Wildman–Crippen MR) is 75.0 cm³/mol. The molecule has 0 radical (unpaired) electrons. The lowest BCUT2D eigenvalue weighted by atomic mass is 9.87. The van der Waals surface area contributed by atoms with Crippen LogP contribution in [-0.2, 0) is 21.0 Å². The first-order valence-corrected chi connectivity index (χ1v) is 8.17. The number of hydrogen-bond acceptors (Lipinski definition) is 4. The van der Waals surface area contributed by atoms with E-state index in [0.29, 0.717) is 5.82 Å². The molecule has 0 aliphatic rings. The Bertz CT molecular complexity index is 724. The molecule has 104 valence electrons. The standard InChI is InChI=1S/C13H19N3O2S/c1-9-6-7-10(13(2,3)4)12-15-14-11(16(9)12)8-19(5,17)18/h6-7H,8H2,1-5H3. The van der Waals surface area contributed by atoms with Crippen LogP contribution in [0.25, 0.3) is 5.65 Å². The van der Waals surface area contributed by atoms with Gasteiger partial charge in [0.2, 0.25) is 0 Å². The number of rotatable bonds is 2. The van der Waals surface area contributed by atoms with Gasteiger partial charge in [-0.05, 0) is 18.4 Å². The van der Waals surface area contributed by atoms with Crippen molar-refractivity contribution in [3.63, 3.8) is 0 Å². The minimum atomic E-state index is -3.13. The second kappa shape index (κ2) is 4.30. The van der Waals surface area contributed by atoms with Crippen molar-refractivity contribution in [1.82, 2.24) is 14.6 Å². The Kier molecular flexibility index (Phi) is 3.16. The molecule has 6 heteroatoms. The van der Waals surface area contributed by atoms with Gasteiger partial charge in [-0.3, -0.25) is 4.40 Å². The van der Waals surface area contributed by atoms with Gasteiger partial charge >= 0.3 is 0 Å². The van der Waals surface area contributed by atoms with Gasteiger partial charge in [0.25, 0.3) is 0 Å². The van der Waals surface area contributed by atoms with E-state index in [4.69, 9.17) is 0 Å². The number of fused-ring (bicyclic) bond motifs is 1. The molecular formula is C13H19N3O2S. The molecule has 0 saturated heterocycles. The predicted octanol–water partition coefficient (Wildman–Crippen LogP) is 1.88. The second-order valence-electron chi connectivity index (χ2n) is 5.98. The number of sulfone groups is 1. The van der Waals surface area contributed by atoms with Crippen LogP contribution in [0, 0.1) is 6.92 Å².